The molecular formula is C29H48O2. The van der Waals surface area contributed by atoms with E-state index in [0.29, 0.717) is 17.3 Å². The lowest BCUT2D eigenvalue weighted by Crippen LogP contribution is -2.57. The minimum absolute atomic E-state index is 0.0819. The van der Waals surface area contributed by atoms with Crippen LogP contribution in [0.25, 0.3) is 0 Å². The van der Waals surface area contributed by atoms with Crippen molar-refractivity contribution in [2.75, 3.05) is 0 Å². The fourth-order valence-corrected chi connectivity index (χ4v) is 9.75. The van der Waals surface area contributed by atoms with Gasteiger partial charge in [0.25, 0.3) is 0 Å². The lowest BCUT2D eigenvalue weighted by Gasteiger charge is -2.61. The lowest BCUT2D eigenvalue weighted by molar-refractivity contribution is -0.152. The Morgan fingerprint density at radius 2 is 1.65 bits per heavy atom. The van der Waals surface area contributed by atoms with Crippen LogP contribution in [0.3, 0.4) is 0 Å². The molecule has 0 aromatic carbocycles. The molecule has 5 rings (SSSR count). The first kappa shape index (κ1) is 22.5. The van der Waals surface area contributed by atoms with Gasteiger partial charge in [0.05, 0.1) is 11.7 Å². The van der Waals surface area contributed by atoms with Gasteiger partial charge in [0, 0.05) is 5.41 Å². The van der Waals surface area contributed by atoms with Crippen molar-refractivity contribution < 1.29 is 10.2 Å². The molecule has 31 heavy (non-hydrogen) atoms. The third kappa shape index (κ3) is 3.02. The van der Waals surface area contributed by atoms with E-state index in [0.717, 1.165) is 30.6 Å². The first-order chi connectivity index (χ1) is 14.6. The zero-order chi connectivity index (χ0) is 22.2. The highest BCUT2D eigenvalue weighted by atomic mass is 16.3. The maximum Gasteiger partial charge on any atom is 0.0729 e. The molecule has 0 saturated heterocycles. The van der Waals surface area contributed by atoms with Gasteiger partial charge in [0.2, 0.25) is 0 Å². The van der Waals surface area contributed by atoms with E-state index < -0.39 is 5.60 Å². The van der Waals surface area contributed by atoms with Gasteiger partial charge in [-0.15, -0.1) is 0 Å². The average molecular weight is 429 g/mol. The van der Waals surface area contributed by atoms with Crippen LogP contribution in [0.5, 0.6) is 0 Å². The topological polar surface area (TPSA) is 40.5 Å². The number of hydrogen-bond acceptors (Lipinski definition) is 2. The summed E-state index contributed by atoms with van der Waals surface area (Å²) < 4.78 is 0. The van der Waals surface area contributed by atoms with Crippen molar-refractivity contribution in [2.45, 2.75) is 123 Å². The molecule has 1 spiro atoms. The molecule has 2 nitrogen and oxygen atoms in total. The predicted octanol–water partition coefficient (Wildman–Crippen LogP) is 6.89. The standard InChI is InChI=1S/C29H48O2/c1-19(2)7-6-8-20(3)29(31)16-12-23-21-9-10-24-26(4,22(21)11-15-27(23,29)5)14-13-25(30)28(24)17-18-28/h10,19-23,25,30-31H,6-9,11-18H2,1-5H3/t20-,21-,22+,23+,25-,26-,27+,29+/m1/s1. The van der Waals surface area contributed by atoms with Crippen molar-refractivity contribution >= 4 is 0 Å². The highest BCUT2D eigenvalue weighted by Gasteiger charge is 2.67. The van der Waals surface area contributed by atoms with Gasteiger partial charge in [-0.25, -0.2) is 0 Å². The van der Waals surface area contributed by atoms with Crippen molar-refractivity contribution in [1.82, 2.24) is 0 Å². The van der Waals surface area contributed by atoms with Crippen LogP contribution < -0.4 is 0 Å². The van der Waals surface area contributed by atoms with E-state index in [-0.39, 0.29) is 16.9 Å². The van der Waals surface area contributed by atoms with Gasteiger partial charge in [-0.3, -0.25) is 0 Å². The molecule has 2 heteroatoms. The molecule has 0 aromatic heterocycles. The van der Waals surface area contributed by atoms with E-state index >= 15 is 0 Å². The van der Waals surface area contributed by atoms with Gasteiger partial charge in [0.1, 0.15) is 0 Å². The third-order valence-corrected chi connectivity index (χ3v) is 11.8. The third-order valence-electron chi connectivity index (χ3n) is 11.8. The van der Waals surface area contributed by atoms with Crippen molar-refractivity contribution in [2.24, 2.45) is 45.8 Å². The molecule has 0 bridgehead atoms. The van der Waals surface area contributed by atoms with Crippen molar-refractivity contribution in [1.29, 1.82) is 0 Å². The molecule has 0 radical (unpaired) electrons. The van der Waals surface area contributed by atoms with Gasteiger partial charge >= 0.3 is 0 Å². The average Bonchev–Trinajstić information content (AvgIpc) is 3.45. The van der Waals surface area contributed by atoms with Crippen LogP contribution in [-0.2, 0) is 0 Å². The van der Waals surface area contributed by atoms with Crippen LogP contribution in [0.4, 0.5) is 0 Å². The molecular weight excluding hydrogens is 380 g/mol. The monoisotopic (exact) mass is 428 g/mol. The number of rotatable bonds is 5. The molecule has 2 N–H and O–H groups in total. The summed E-state index contributed by atoms with van der Waals surface area (Å²) in [6, 6.07) is 0. The Morgan fingerprint density at radius 3 is 2.32 bits per heavy atom. The quantitative estimate of drug-likeness (QED) is 0.468. The van der Waals surface area contributed by atoms with E-state index in [9.17, 15) is 10.2 Å². The fourth-order valence-electron chi connectivity index (χ4n) is 9.75. The molecule has 0 aliphatic heterocycles. The number of allylic oxidation sites excluding steroid dienone is 1. The second-order valence-electron chi connectivity index (χ2n) is 13.5. The van der Waals surface area contributed by atoms with E-state index in [4.69, 9.17) is 0 Å². The fraction of sp³-hybridized carbons (Fsp3) is 0.931. The summed E-state index contributed by atoms with van der Waals surface area (Å²) in [6.45, 7) is 12.0. The predicted molar refractivity (Wildman–Crippen MR) is 128 cm³/mol. The molecule has 5 aliphatic carbocycles. The Labute approximate surface area is 191 Å². The van der Waals surface area contributed by atoms with E-state index in [1.165, 1.54) is 64.2 Å². The number of fused-ring (bicyclic) bond motifs is 6. The van der Waals surface area contributed by atoms with E-state index in [1.54, 1.807) is 5.57 Å². The van der Waals surface area contributed by atoms with Gasteiger partial charge < -0.3 is 10.2 Å². The minimum Gasteiger partial charge on any atom is -0.392 e. The van der Waals surface area contributed by atoms with E-state index in [1.807, 2.05) is 0 Å². The molecule has 4 saturated carbocycles. The second kappa shape index (κ2) is 7.33. The maximum atomic E-state index is 12.1. The summed E-state index contributed by atoms with van der Waals surface area (Å²) in [6.07, 6.45) is 16.7. The van der Waals surface area contributed by atoms with Gasteiger partial charge in [-0.2, -0.15) is 0 Å². The van der Waals surface area contributed by atoms with E-state index in [2.05, 4.69) is 40.7 Å². The summed E-state index contributed by atoms with van der Waals surface area (Å²) in [5, 5.41) is 22.9. The lowest BCUT2D eigenvalue weighted by atomic mass is 9.45. The number of hydrogen-bond donors (Lipinski definition) is 2. The largest absolute Gasteiger partial charge is 0.392 e. The van der Waals surface area contributed by atoms with Crippen LogP contribution in [0.2, 0.25) is 0 Å². The smallest absolute Gasteiger partial charge is 0.0729 e. The summed E-state index contributed by atoms with van der Waals surface area (Å²) in [5.41, 5.74) is 1.70. The molecule has 176 valence electrons. The Balaban J connectivity index is 1.39. The Hall–Kier alpha value is -0.340. The molecule has 8 atom stereocenters. The summed E-state index contributed by atoms with van der Waals surface area (Å²) >= 11 is 0. The van der Waals surface area contributed by atoms with Crippen LogP contribution in [0.1, 0.15) is 112 Å². The summed E-state index contributed by atoms with van der Waals surface area (Å²) in [7, 11) is 0. The summed E-state index contributed by atoms with van der Waals surface area (Å²) in [5.74, 6) is 3.32. The highest BCUT2D eigenvalue weighted by Crippen LogP contribution is 2.73. The highest BCUT2D eigenvalue weighted by molar-refractivity contribution is 5.37. The molecule has 0 aromatic rings. The van der Waals surface area contributed by atoms with Crippen LogP contribution in [0.15, 0.2) is 11.6 Å². The number of aliphatic hydroxyl groups excluding tert-OH is 1. The SMILES string of the molecule is CC(C)CCC[C@@H](C)[C@@]1(O)CC[C@H]2[C@@H]3CC=C4C5(CC5)[C@H](O)CC[C@]4(C)[C@H]3CC[C@@]21C. The maximum absolute atomic E-state index is 12.1. The van der Waals surface area contributed by atoms with Gasteiger partial charge in [0.15, 0.2) is 0 Å². The first-order valence-corrected chi connectivity index (χ1v) is 13.7. The molecule has 5 aliphatic rings. The first-order valence-electron chi connectivity index (χ1n) is 13.7. The minimum atomic E-state index is -0.481. The Morgan fingerprint density at radius 1 is 0.935 bits per heavy atom. The van der Waals surface area contributed by atoms with Crippen LogP contribution in [-0.4, -0.2) is 21.9 Å². The van der Waals surface area contributed by atoms with Gasteiger partial charge in [-0.05, 0) is 105 Å². The zero-order valence-corrected chi connectivity index (χ0v) is 20.9. The van der Waals surface area contributed by atoms with Crippen LogP contribution in [0, 0.1) is 45.8 Å². The Kier molecular flexibility index (Phi) is 5.31. The van der Waals surface area contributed by atoms with Gasteiger partial charge in [-0.1, -0.05) is 59.1 Å². The second-order valence-corrected chi connectivity index (χ2v) is 13.5. The van der Waals surface area contributed by atoms with Crippen molar-refractivity contribution in [3.8, 4) is 0 Å². The molecule has 0 unspecified atom stereocenters. The van der Waals surface area contributed by atoms with Crippen molar-refractivity contribution in [3.05, 3.63) is 11.6 Å². The zero-order valence-electron chi connectivity index (χ0n) is 20.9. The van der Waals surface area contributed by atoms with Crippen molar-refractivity contribution in [3.63, 3.8) is 0 Å². The normalized spacial score (nSPS) is 48.7. The summed E-state index contributed by atoms with van der Waals surface area (Å²) in [4.78, 5) is 0. The van der Waals surface area contributed by atoms with Crippen LogP contribution >= 0.6 is 0 Å². The molecule has 4 fully saturated rings. The number of aliphatic hydroxyl groups is 2. The molecule has 0 heterocycles. The Bertz CT molecular complexity index is 735. The molecule has 0 amide bonds.